The second-order valence-corrected chi connectivity index (χ2v) is 10.2. The minimum Gasteiger partial charge on any atom is -0.459 e. The zero-order chi connectivity index (χ0) is 27.9. The Hall–Kier alpha value is -4.44. The van der Waals surface area contributed by atoms with Crippen LogP contribution in [0.25, 0.3) is 28.2 Å². The van der Waals surface area contributed by atoms with Crippen molar-refractivity contribution in [3.05, 3.63) is 95.5 Å². The van der Waals surface area contributed by atoms with Gasteiger partial charge in [0.25, 0.3) is 5.91 Å². The van der Waals surface area contributed by atoms with Crippen molar-refractivity contribution >= 4 is 28.9 Å². The van der Waals surface area contributed by atoms with Gasteiger partial charge in [0.05, 0.1) is 30.7 Å². The average Bonchev–Trinajstić information content (AvgIpc) is 3.31. The van der Waals surface area contributed by atoms with Crippen molar-refractivity contribution in [2.45, 2.75) is 12.7 Å². The molecule has 0 atom stereocenters. The zero-order valence-corrected chi connectivity index (χ0v) is 21.2. The number of likely N-dealkylation sites (tertiary alicyclic amines) is 1. The quantitative estimate of drug-likeness (QED) is 0.331. The SMILES string of the molecule is O=C(C=Cc1cccnc1)NCc1cc2cc(-c3ccc(C(=O)N4CC5(COC5)C4)cc3)cc(C(F)(F)F)c2o1. The average molecular weight is 548 g/mol. The van der Waals surface area contributed by atoms with E-state index in [9.17, 15) is 22.8 Å². The van der Waals surface area contributed by atoms with E-state index >= 15 is 0 Å². The number of rotatable bonds is 6. The van der Waals surface area contributed by atoms with E-state index in [2.05, 4.69) is 10.3 Å². The molecule has 2 amide bonds. The molecular weight excluding hydrogens is 523 g/mol. The lowest BCUT2D eigenvalue weighted by molar-refractivity contribution is -0.176. The van der Waals surface area contributed by atoms with Crippen LogP contribution in [0.1, 0.15) is 27.2 Å². The summed E-state index contributed by atoms with van der Waals surface area (Å²) in [6.07, 6.45) is 1.45. The Bertz CT molecular complexity index is 1600. The van der Waals surface area contributed by atoms with Gasteiger partial charge in [0.15, 0.2) is 0 Å². The summed E-state index contributed by atoms with van der Waals surface area (Å²) in [4.78, 5) is 30.7. The first kappa shape index (κ1) is 25.8. The van der Waals surface area contributed by atoms with Crippen LogP contribution in [0.5, 0.6) is 0 Å². The Balaban J connectivity index is 1.19. The fourth-order valence-electron chi connectivity index (χ4n) is 5.02. The van der Waals surface area contributed by atoms with Crippen molar-refractivity contribution in [2.75, 3.05) is 26.3 Å². The highest BCUT2D eigenvalue weighted by atomic mass is 19.4. The Kier molecular flexibility index (Phi) is 6.42. The number of hydrogen-bond donors (Lipinski definition) is 1. The van der Waals surface area contributed by atoms with Crippen molar-refractivity contribution < 1.29 is 31.9 Å². The Morgan fingerprint density at radius 1 is 1.05 bits per heavy atom. The molecule has 4 heterocycles. The molecule has 204 valence electrons. The number of halogens is 3. The molecule has 2 fully saturated rings. The molecular formula is C30H24F3N3O4. The fraction of sp³-hybridized carbons (Fsp3) is 0.233. The van der Waals surface area contributed by atoms with Crippen molar-refractivity contribution in [3.63, 3.8) is 0 Å². The van der Waals surface area contributed by atoms with E-state index in [1.165, 1.54) is 12.1 Å². The maximum Gasteiger partial charge on any atom is 0.420 e. The number of hydrogen-bond acceptors (Lipinski definition) is 5. The Labute approximate surface area is 227 Å². The minimum atomic E-state index is -4.66. The zero-order valence-electron chi connectivity index (χ0n) is 21.2. The van der Waals surface area contributed by atoms with Crippen LogP contribution in [0.15, 0.2) is 77.5 Å². The predicted octanol–water partition coefficient (Wildman–Crippen LogP) is 5.32. The number of nitrogens with zero attached hydrogens (tertiary/aromatic N) is 2. The van der Waals surface area contributed by atoms with Crippen LogP contribution < -0.4 is 5.32 Å². The van der Waals surface area contributed by atoms with Gasteiger partial charge in [0.1, 0.15) is 11.3 Å². The molecule has 0 unspecified atom stereocenters. The van der Waals surface area contributed by atoms with Crippen LogP contribution in [0, 0.1) is 5.41 Å². The van der Waals surface area contributed by atoms with Crippen molar-refractivity contribution in [1.82, 2.24) is 15.2 Å². The summed E-state index contributed by atoms with van der Waals surface area (Å²) in [5.74, 6) is -0.344. The molecule has 6 rings (SSSR count). The highest BCUT2D eigenvalue weighted by Crippen LogP contribution is 2.40. The lowest BCUT2D eigenvalue weighted by atomic mass is 9.78. The molecule has 2 aromatic heterocycles. The maximum absolute atomic E-state index is 14.0. The minimum absolute atomic E-state index is 0.0851. The lowest BCUT2D eigenvalue weighted by Gasteiger charge is -2.54. The molecule has 1 N–H and O–H groups in total. The summed E-state index contributed by atoms with van der Waals surface area (Å²) in [7, 11) is 0. The van der Waals surface area contributed by atoms with Crippen LogP contribution in [0.3, 0.4) is 0 Å². The van der Waals surface area contributed by atoms with Crippen LogP contribution in [-0.4, -0.2) is 48.0 Å². The molecule has 2 aliphatic rings. The summed E-state index contributed by atoms with van der Waals surface area (Å²) in [5, 5.41) is 2.88. The number of pyridine rings is 1. The third-order valence-corrected chi connectivity index (χ3v) is 7.14. The van der Waals surface area contributed by atoms with Crippen LogP contribution in [-0.2, 0) is 22.3 Å². The molecule has 7 nitrogen and oxygen atoms in total. The van der Waals surface area contributed by atoms with E-state index in [0.717, 1.165) is 11.6 Å². The molecule has 2 aromatic carbocycles. The molecule has 1 spiro atoms. The van der Waals surface area contributed by atoms with Crippen molar-refractivity contribution in [1.29, 1.82) is 0 Å². The van der Waals surface area contributed by atoms with E-state index in [0.29, 0.717) is 43.0 Å². The van der Waals surface area contributed by atoms with Gasteiger partial charge in [-0.1, -0.05) is 18.2 Å². The summed E-state index contributed by atoms with van der Waals surface area (Å²) in [5.41, 5.74) is 0.973. The molecule has 4 aromatic rings. The van der Waals surface area contributed by atoms with Gasteiger partial charge < -0.3 is 19.4 Å². The van der Waals surface area contributed by atoms with Crippen LogP contribution in [0.4, 0.5) is 13.2 Å². The van der Waals surface area contributed by atoms with Gasteiger partial charge in [-0.05, 0) is 59.2 Å². The number of carbonyl (C=O) groups excluding carboxylic acids is 2. The summed E-state index contributed by atoms with van der Waals surface area (Å²) >= 11 is 0. The Morgan fingerprint density at radius 3 is 2.48 bits per heavy atom. The third-order valence-electron chi connectivity index (χ3n) is 7.14. The standard InChI is InChI=1S/C30H24F3N3O4/c31-30(32,33)25-12-22(20-4-6-21(7-5-20)28(38)36-15-29(16-36)17-39-18-29)10-23-11-24(40-27(23)25)14-35-26(37)8-3-19-2-1-9-34-13-19/h1-13H,14-18H2,(H,35,37). The van der Waals surface area contributed by atoms with E-state index in [1.54, 1.807) is 65.8 Å². The normalized spacial score (nSPS) is 16.2. The first-order valence-electron chi connectivity index (χ1n) is 12.7. The highest BCUT2D eigenvalue weighted by molar-refractivity contribution is 5.96. The molecule has 0 bridgehead atoms. The number of aromatic nitrogens is 1. The van der Waals surface area contributed by atoms with Gasteiger partial charge in [0.2, 0.25) is 5.91 Å². The molecule has 0 aliphatic carbocycles. The summed E-state index contributed by atoms with van der Waals surface area (Å²) in [6.45, 7) is 2.57. The number of furan rings is 1. The second kappa shape index (κ2) is 9.95. The molecule has 0 radical (unpaired) electrons. The molecule has 40 heavy (non-hydrogen) atoms. The first-order valence-corrected chi connectivity index (χ1v) is 12.7. The van der Waals surface area contributed by atoms with Crippen LogP contribution in [0.2, 0.25) is 0 Å². The predicted molar refractivity (Wildman–Crippen MR) is 141 cm³/mol. The number of fused-ring (bicyclic) bond motifs is 1. The van der Waals surface area contributed by atoms with Gasteiger partial charge in [-0.15, -0.1) is 0 Å². The van der Waals surface area contributed by atoms with Gasteiger partial charge in [-0.3, -0.25) is 14.6 Å². The van der Waals surface area contributed by atoms with Crippen molar-refractivity contribution in [2.24, 2.45) is 5.41 Å². The van der Waals surface area contributed by atoms with Gasteiger partial charge in [0, 0.05) is 42.5 Å². The number of nitrogens with one attached hydrogen (secondary N) is 1. The molecule has 10 heteroatoms. The largest absolute Gasteiger partial charge is 0.459 e. The maximum atomic E-state index is 14.0. The van der Waals surface area contributed by atoms with Gasteiger partial charge in [-0.2, -0.15) is 13.2 Å². The summed E-state index contributed by atoms with van der Waals surface area (Å²) in [6, 6.07) is 14.2. The number of ether oxygens (including phenoxy) is 1. The molecule has 2 aliphatic heterocycles. The number of carbonyl (C=O) groups is 2. The summed E-state index contributed by atoms with van der Waals surface area (Å²) < 4.78 is 52.8. The third kappa shape index (κ3) is 5.10. The fourth-order valence-corrected chi connectivity index (χ4v) is 5.02. The lowest BCUT2D eigenvalue weighted by Crippen LogP contribution is -2.67. The monoisotopic (exact) mass is 547 g/mol. The number of amides is 2. The Morgan fingerprint density at radius 2 is 1.82 bits per heavy atom. The van der Waals surface area contributed by atoms with Gasteiger partial charge in [-0.25, -0.2) is 0 Å². The van der Waals surface area contributed by atoms with Crippen molar-refractivity contribution in [3.8, 4) is 11.1 Å². The highest BCUT2D eigenvalue weighted by Gasteiger charge is 2.50. The second-order valence-electron chi connectivity index (χ2n) is 10.2. The first-order chi connectivity index (χ1) is 19.2. The topological polar surface area (TPSA) is 84.7 Å². The molecule has 0 saturated carbocycles. The molecule has 2 saturated heterocycles. The van der Waals surface area contributed by atoms with E-state index in [-0.39, 0.29) is 34.6 Å². The van der Waals surface area contributed by atoms with E-state index < -0.39 is 17.6 Å². The van der Waals surface area contributed by atoms with Crippen LogP contribution >= 0.6 is 0 Å². The number of benzene rings is 2. The van der Waals surface area contributed by atoms with E-state index in [4.69, 9.17) is 9.15 Å². The number of alkyl halides is 3. The van der Waals surface area contributed by atoms with Gasteiger partial charge >= 0.3 is 6.18 Å². The smallest absolute Gasteiger partial charge is 0.420 e. The van der Waals surface area contributed by atoms with E-state index in [1.807, 2.05) is 0 Å².